The molecule has 1 amide bonds. The van der Waals surface area contributed by atoms with Crippen molar-refractivity contribution in [3.63, 3.8) is 0 Å². The number of nitrogens with one attached hydrogen (secondary N) is 2. The Hall–Kier alpha value is -1.63. The van der Waals surface area contributed by atoms with Crippen molar-refractivity contribution in [1.82, 2.24) is 20.8 Å². The molecule has 1 aromatic heterocycles. The van der Waals surface area contributed by atoms with Gasteiger partial charge < -0.3 is 20.0 Å². The maximum Gasteiger partial charge on any atom is 0.318 e. The summed E-state index contributed by atoms with van der Waals surface area (Å²) in [6, 6.07) is 0.742. The number of rotatable bonds is 7. The average molecular weight is 253 g/mol. The van der Waals surface area contributed by atoms with Crippen LogP contribution in [0.5, 0.6) is 0 Å². The van der Waals surface area contributed by atoms with Crippen LogP contribution in [0, 0.1) is 0 Å². The van der Waals surface area contributed by atoms with Crippen molar-refractivity contribution in [3.8, 4) is 0 Å². The lowest BCUT2D eigenvalue weighted by Crippen LogP contribution is -2.36. The lowest BCUT2D eigenvalue weighted by molar-refractivity contribution is -0.119. The molecule has 7 heteroatoms. The summed E-state index contributed by atoms with van der Waals surface area (Å²) < 4.78 is 5.43. The van der Waals surface area contributed by atoms with Crippen LogP contribution >= 0.6 is 0 Å². The summed E-state index contributed by atoms with van der Waals surface area (Å²) in [6.07, 6.45) is 2.17. The number of hydrogen-bond acceptors (Lipinski definition) is 6. The Kier molecular flexibility index (Phi) is 4.14. The first-order chi connectivity index (χ1) is 8.69. The van der Waals surface area contributed by atoms with Gasteiger partial charge in [0, 0.05) is 13.1 Å². The van der Waals surface area contributed by atoms with E-state index < -0.39 is 0 Å². The molecule has 0 aromatic carbocycles. The molecule has 18 heavy (non-hydrogen) atoms. The minimum atomic E-state index is -0.00793. The number of carbonyl (C=O) groups excluding carboxylic acids is 1. The average Bonchev–Trinajstić information content (AvgIpc) is 3.01. The SMILES string of the molecule is CCNCc1nnc(N(C)CC(=O)NC2CC2)o1. The lowest BCUT2D eigenvalue weighted by atomic mass is 10.5. The first-order valence-corrected chi connectivity index (χ1v) is 6.22. The van der Waals surface area contributed by atoms with E-state index in [1.165, 1.54) is 0 Å². The van der Waals surface area contributed by atoms with E-state index in [4.69, 9.17) is 4.42 Å². The molecule has 7 nitrogen and oxygen atoms in total. The fraction of sp³-hybridized carbons (Fsp3) is 0.727. The van der Waals surface area contributed by atoms with Crippen LogP contribution in [0.15, 0.2) is 4.42 Å². The van der Waals surface area contributed by atoms with Crippen LogP contribution in [0.25, 0.3) is 0 Å². The Morgan fingerprint density at radius 3 is 2.94 bits per heavy atom. The molecule has 100 valence electrons. The topological polar surface area (TPSA) is 83.3 Å². The van der Waals surface area contributed by atoms with Gasteiger partial charge in [-0.3, -0.25) is 4.79 Å². The normalized spacial score (nSPS) is 14.6. The van der Waals surface area contributed by atoms with Gasteiger partial charge in [0.2, 0.25) is 11.8 Å². The van der Waals surface area contributed by atoms with Crippen molar-refractivity contribution in [2.75, 3.05) is 25.0 Å². The van der Waals surface area contributed by atoms with E-state index in [-0.39, 0.29) is 12.5 Å². The Morgan fingerprint density at radius 2 is 2.28 bits per heavy atom. The fourth-order valence-corrected chi connectivity index (χ4v) is 1.49. The fourth-order valence-electron chi connectivity index (χ4n) is 1.49. The molecule has 1 saturated carbocycles. The molecule has 0 saturated heterocycles. The summed E-state index contributed by atoms with van der Waals surface area (Å²) in [5.74, 6) is 0.521. The molecule has 0 aliphatic heterocycles. The van der Waals surface area contributed by atoms with Gasteiger partial charge in [0.25, 0.3) is 0 Å². The van der Waals surface area contributed by atoms with Gasteiger partial charge in [0.15, 0.2) is 0 Å². The standard InChI is InChI=1S/C11H19N5O2/c1-3-12-6-10-14-15-11(18-10)16(2)7-9(17)13-8-4-5-8/h8,12H,3-7H2,1-2H3,(H,13,17). The minimum Gasteiger partial charge on any atom is -0.407 e. The zero-order chi connectivity index (χ0) is 13.0. The molecule has 0 atom stereocenters. The van der Waals surface area contributed by atoms with Gasteiger partial charge in [-0.25, -0.2) is 0 Å². The number of likely N-dealkylation sites (N-methyl/N-ethyl adjacent to an activating group) is 1. The Balaban J connectivity index is 1.81. The molecule has 2 rings (SSSR count). The summed E-state index contributed by atoms with van der Waals surface area (Å²) in [4.78, 5) is 13.3. The third kappa shape index (κ3) is 3.69. The van der Waals surface area contributed by atoms with Gasteiger partial charge in [0.05, 0.1) is 6.54 Å². The number of carbonyl (C=O) groups is 1. The molecule has 1 aliphatic rings. The van der Waals surface area contributed by atoms with Gasteiger partial charge >= 0.3 is 6.01 Å². The van der Waals surface area contributed by atoms with E-state index in [0.717, 1.165) is 19.4 Å². The van der Waals surface area contributed by atoms with Crippen molar-refractivity contribution >= 4 is 11.9 Å². The number of aromatic nitrogens is 2. The van der Waals surface area contributed by atoms with Crippen LogP contribution in [0.3, 0.4) is 0 Å². The summed E-state index contributed by atoms with van der Waals surface area (Å²) in [5.41, 5.74) is 0. The van der Waals surface area contributed by atoms with Crippen molar-refractivity contribution in [2.45, 2.75) is 32.4 Å². The Labute approximate surface area is 106 Å². The quantitative estimate of drug-likeness (QED) is 0.705. The summed E-state index contributed by atoms with van der Waals surface area (Å²) in [6.45, 7) is 3.63. The van der Waals surface area contributed by atoms with E-state index in [1.807, 2.05) is 6.92 Å². The second-order valence-corrected chi connectivity index (χ2v) is 4.46. The van der Waals surface area contributed by atoms with Gasteiger partial charge in [0.1, 0.15) is 6.54 Å². The van der Waals surface area contributed by atoms with Gasteiger partial charge in [-0.2, -0.15) is 0 Å². The Morgan fingerprint density at radius 1 is 1.50 bits per heavy atom. The highest BCUT2D eigenvalue weighted by molar-refractivity contribution is 5.81. The van der Waals surface area contributed by atoms with Crippen LogP contribution in [-0.2, 0) is 11.3 Å². The second kappa shape index (κ2) is 5.81. The van der Waals surface area contributed by atoms with E-state index in [2.05, 4.69) is 20.8 Å². The highest BCUT2D eigenvalue weighted by Gasteiger charge is 2.24. The minimum absolute atomic E-state index is 0.00793. The van der Waals surface area contributed by atoms with Crippen molar-refractivity contribution in [1.29, 1.82) is 0 Å². The molecule has 0 bridgehead atoms. The summed E-state index contributed by atoms with van der Waals surface area (Å²) in [5, 5.41) is 13.8. The first-order valence-electron chi connectivity index (χ1n) is 6.22. The van der Waals surface area contributed by atoms with Crippen molar-refractivity contribution in [3.05, 3.63) is 5.89 Å². The van der Waals surface area contributed by atoms with Crippen molar-refractivity contribution in [2.24, 2.45) is 0 Å². The highest BCUT2D eigenvalue weighted by Crippen LogP contribution is 2.18. The zero-order valence-electron chi connectivity index (χ0n) is 10.8. The van der Waals surface area contributed by atoms with E-state index in [1.54, 1.807) is 11.9 Å². The monoisotopic (exact) mass is 253 g/mol. The van der Waals surface area contributed by atoms with Crippen LogP contribution in [0.4, 0.5) is 6.01 Å². The van der Waals surface area contributed by atoms with Gasteiger partial charge in [-0.1, -0.05) is 12.0 Å². The van der Waals surface area contributed by atoms with Gasteiger partial charge in [-0.15, -0.1) is 5.10 Å². The van der Waals surface area contributed by atoms with E-state index in [9.17, 15) is 4.79 Å². The number of anilines is 1. The molecule has 0 radical (unpaired) electrons. The molecular weight excluding hydrogens is 234 g/mol. The Bertz CT molecular complexity index is 402. The molecular formula is C11H19N5O2. The molecule has 0 unspecified atom stereocenters. The molecule has 1 fully saturated rings. The van der Waals surface area contributed by atoms with Gasteiger partial charge in [-0.05, 0) is 19.4 Å². The number of amides is 1. The number of hydrogen-bond donors (Lipinski definition) is 2. The van der Waals surface area contributed by atoms with Crippen LogP contribution < -0.4 is 15.5 Å². The number of nitrogens with zero attached hydrogens (tertiary/aromatic N) is 3. The van der Waals surface area contributed by atoms with Crippen LogP contribution in [0.2, 0.25) is 0 Å². The molecule has 2 N–H and O–H groups in total. The maximum atomic E-state index is 11.6. The zero-order valence-corrected chi connectivity index (χ0v) is 10.8. The van der Waals surface area contributed by atoms with E-state index >= 15 is 0 Å². The molecule has 0 spiro atoms. The van der Waals surface area contributed by atoms with Crippen molar-refractivity contribution < 1.29 is 9.21 Å². The maximum absolute atomic E-state index is 11.6. The molecule has 1 heterocycles. The smallest absolute Gasteiger partial charge is 0.318 e. The lowest BCUT2D eigenvalue weighted by Gasteiger charge is -2.13. The largest absolute Gasteiger partial charge is 0.407 e. The first kappa shape index (κ1) is 12.8. The predicted octanol–water partition coefficient (Wildman–Crippen LogP) is -0.106. The van der Waals surface area contributed by atoms with Crippen LogP contribution in [0.1, 0.15) is 25.7 Å². The highest BCUT2D eigenvalue weighted by atomic mass is 16.4. The molecule has 1 aromatic rings. The van der Waals surface area contributed by atoms with E-state index in [0.29, 0.717) is 24.5 Å². The summed E-state index contributed by atoms with van der Waals surface area (Å²) in [7, 11) is 1.76. The van der Waals surface area contributed by atoms with Crippen LogP contribution in [-0.4, -0.2) is 42.3 Å². The molecule has 1 aliphatic carbocycles. The third-order valence-electron chi connectivity index (χ3n) is 2.63. The summed E-state index contributed by atoms with van der Waals surface area (Å²) >= 11 is 0. The second-order valence-electron chi connectivity index (χ2n) is 4.46. The predicted molar refractivity (Wildman–Crippen MR) is 66.1 cm³/mol. The third-order valence-corrected chi connectivity index (χ3v) is 2.63.